The molecular weight excluding hydrogens is 295 g/mol. The van der Waals surface area contributed by atoms with Crippen molar-refractivity contribution in [1.29, 1.82) is 0 Å². The summed E-state index contributed by atoms with van der Waals surface area (Å²) in [6.07, 6.45) is 1.92. The summed E-state index contributed by atoms with van der Waals surface area (Å²) in [5.41, 5.74) is 2.59. The molecule has 0 fully saturated rings. The molecule has 0 saturated heterocycles. The third-order valence-corrected chi connectivity index (χ3v) is 3.55. The van der Waals surface area contributed by atoms with E-state index in [0.717, 1.165) is 22.7 Å². The molecule has 3 aromatic rings. The highest BCUT2D eigenvalue weighted by Gasteiger charge is 2.14. The number of fused-ring (bicyclic) bond motifs is 1. The fraction of sp³-hybridized carbons (Fsp3) is 0.133. The second-order valence-electron chi connectivity index (χ2n) is 4.44. The number of benzene rings is 1. The molecule has 20 heavy (non-hydrogen) atoms. The number of alkyl halides is 1. The summed E-state index contributed by atoms with van der Waals surface area (Å²) in [4.78, 5) is 4.47. The molecule has 2 heterocycles. The van der Waals surface area contributed by atoms with Gasteiger partial charge in [0.05, 0.1) is 5.88 Å². The number of ether oxygens (including phenoxy) is 1. The number of aromatic nitrogens is 2. The summed E-state index contributed by atoms with van der Waals surface area (Å²) in [5, 5.41) is 0.683. The summed E-state index contributed by atoms with van der Waals surface area (Å²) < 4.78 is 7.82. The van der Waals surface area contributed by atoms with Gasteiger partial charge in [0, 0.05) is 11.2 Å². The molecule has 1 aromatic carbocycles. The van der Waals surface area contributed by atoms with Crippen molar-refractivity contribution < 1.29 is 4.74 Å². The third-order valence-electron chi connectivity index (χ3n) is 3.06. The molecule has 0 bridgehead atoms. The van der Waals surface area contributed by atoms with E-state index in [4.69, 9.17) is 27.9 Å². The normalized spacial score (nSPS) is 10.9. The first-order chi connectivity index (χ1) is 9.69. The van der Waals surface area contributed by atoms with Gasteiger partial charge in [0.25, 0.3) is 0 Å². The third kappa shape index (κ3) is 2.35. The maximum atomic E-state index is 6.02. The van der Waals surface area contributed by atoms with E-state index >= 15 is 0 Å². The molecule has 0 N–H and O–H groups in total. The van der Waals surface area contributed by atoms with Gasteiger partial charge in [-0.15, -0.1) is 11.6 Å². The van der Waals surface area contributed by atoms with E-state index in [1.54, 1.807) is 6.07 Å². The van der Waals surface area contributed by atoms with Gasteiger partial charge in [-0.2, -0.15) is 4.98 Å². The lowest BCUT2D eigenvalue weighted by molar-refractivity contribution is 0.458. The van der Waals surface area contributed by atoms with E-state index < -0.39 is 0 Å². The van der Waals surface area contributed by atoms with Crippen LogP contribution < -0.4 is 4.74 Å². The predicted octanol–water partition coefficient (Wildman–Crippen LogP) is 4.83. The number of aryl methyl sites for hydroxylation is 1. The van der Waals surface area contributed by atoms with Gasteiger partial charge in [0.1, 0.15) is 17.1 Å². The van der Waals surface area contributed by atoms with E-state index in [-0.39, 0.29) is 0 Å². The summed E-state index contributed by atoms with van der Waals surface area (Å²) in [6, 6.07) is 11.3. The lowest BCUT2D eigenvalue weighted by Crippen LogP contribution is -1.93. The first-order valence-corrected chi connectivity index (χ1v) is 7.06. The van der Waals surface area contributed by atoms with Crippen molar-refractivity contribution in [3.8, 4) is 11.6 Å². The van der Waals surface area contributed by atoms with Gasteiger partial charge in [-0.1, -0.05) is 17.7 Å². The van der Waals surface area contributed by atoms with Crippen molar-refractivity contribution in [2.45, 2.75) is 12.8 Å². The number of rotatable bonds is 3. The molecule has 3 nitrogen and oxygen atoms in total. The van der Waals surface area contributed by atoms with Crippen molar-refractivity contribution in [3.05, 3.63) is 58.9 Å². The summed E-state index contributed by atoms with van der Waals surface area (Å²) in [7, 11) is 0. The highest BCUT2D eigenvalue weighted by molar-refractivity contribution is 6.30. The van der Waals surface area contributed by atoms with Crippen LogP contribution in [0.4, 0.5) is 0 Å². The van der Waals surface area contributed by atoms with Crippen LogP contribution in [-0.2, 0) is 5.88 Å². The molecule has 0 amide bonds. The monoisotopic (exact) mass is 306 g/mol. The highest BCUT2D eigenvalue weighted by Crippen LogP contribution is 2.30. The van der Waals surface area contributed by atoms with E-state index in [9.17, 15) is 0 Å². The molecule has 0 spiro atoms. The first kappa shape index (κ1) is 13.3. The van der Waals surface area contributed by atoms with Crippen molar-refractivity contribution >= 4 is 28.8 Å². The molecule has 0 atom stereocenters. The van der Waals surface area contributed by atoms with Crippen molar-refractivity contribution in [3.63, 3.8) is 0 Å². The zero-order valence-corrected chi connectivity index (χ0v) is 12.3. The van der Waals surface area contributed by atoms with Gasteiger partial charge >= 0.3 is 0 Å². The largest absolute Gasteiger partial charge is 0.437 e. The van der Waals surface area contributed by atoms with Crippen LogP contribution in [0.1, 0.15) is 11.3 Å². The number of nitrogens with zero attached hydrogens (tertiary/aromatic N) is 2. The molecule has 102 valence electrons. The van der Waals surface area contributed by atoms with Gasteiger partial charge in [0.15, 0.2) is 0 Å². The van der Waals surface area contributed by atoms with Gasteiger partial charge in [-0.3, -0.25) is 4.40 Å². The molecule has 0 saturated carbocycles. The maximum absolute atomic E-state index is 6.02. The van der Waals surface area contributed by atoms with Crippen LogP contribution in [0.15, 0.2) is 42.6 Å². The highest BCUT2D eigenvalue weighted by atomic mass is 35.5. The molecule has 0 aliphatic rings. The Bertz CT molecular complexity index is 768. The van der Waals surface area contributed by atoms with Crippen molar-refractivity contribution in [2.24, 2.45) is 0 Å². The minimum Gasteiger partial charge on any atom is -0.437 e. The number of pyridine rings is 1. The molecule has 5 heteroatoms. The fourth-order valence-electron chi connectivity index (χ4n) is 2.06. The Labute approximate surface area is 126 Å². The van der Waals surface area contributed by atoms with Crippen LogP contribution >= 0.6 is 23.2 Å². The smallest absolute Gasteiger partial charge is 0.242 e. The van der Waals surface area contributed by atoms with E-state index in [0.29, 0.717) is 16.8 Å². The molecular formula is C15H12Cl2N2O. The summed E-state index contributed by atoms with van der Waals surface area (Å²) >= 11 is 12.0. The van der Waals surface area contributed by atoms with Crippen molar-refractivity contribution in [1.82, 2.24) is 9.38 Å². The van der Waals surface area contributed by atoms with Crippen LogP contribution in [0.3, 0.4) is 0 Å². The van der Waals surface area contributed by atoms with Crippen LogP contribution in [0.5, 0.6) is 11.6 Å². The zero-order valence-electron chi connectivity index (χ0n) is 10.8. The molecule has 2 aromatic heterocycles. The van der Waals surface area contributed by atoms with Gasteiger partial charge in [0.2, 0.25) is 5.88 Å². The van der Waals surface area contributed by atoms with Gasteiger partial charge in [-0.05, 0) is 42.8 Å². The minimum atomic E-state index is 0.327. The summed E-state index contributed by atoms with van der Waals surface area (Å²) in [6.45, 7) is 1.94. The Balaban J connectivity index is 2.06. The maximum Gasteiger partial charge on any atom is 0.242 e. The zero-order chi connectivity index (χ0) is 14.1. The van der Waals surface area contributed by atoms with E-state index in [2.05, 4.69) is 4.98 Å². The van der Waals surface area contributed by atoms with E-state index in [1.807, 2.05) is 47.9 Å². The summed E-state index contributed by atoms with van der Waals surface area (Å²) in [5.74, 6) is 1.58. The number of hydrogen-bond acceptors (Lipinski definition) is 2. The number of imidazole rings is 1. The predicted molar refractivity (Wildman–Crippen MR) is 81.0 cm³/mol. The topological polar surface area (TPSA) is 26.5 Å². The Morgan fingerprint density at radius 2 is 2.10 bits per heavy atom. The molecule has 0 radical (unpaired) electrons. The quantitative estimate of drug-likeness (QED) is 0.648. The number of hydrogen-bond donors (Lipinski definition) is 0. The minimum absolute atomic E-state index is 0.327. The van der Waals surface area contributed by atoms with Crippen LogP contribution in [0.25, 0.3) is 5.65 Å². The van der Waals surface area contributed by atoms with Crippen LogP contribution in [0.2, 0.25) is 5.02 Å². The molecule has 0 aliphatic carbocycles. The van der Waals surface area contributed by atoms with Gasteiger partial charge in [-0.25, -0.2) is 0 Å². The SMILES string of the molecule is Cc1cc(Cl)ccc1Oc1nc2ccccn2c1CCl. The average Bonchev–Trinajstić information content (AvgIpc) is 2.79. The number of halogens is 2. The van der Waals surface area contributed by atoms with Crippen molar-refractivity contribution in [2.75, 3.05) is 0 Å². The lowest BCUT2D eigenvalue weighted by Gasteiger charge is -2.07. The average molecular weight is 307 g/mol. The molecule has 0 unspecified atom stereocenters. The Kier molecular flexibility index (Phi) is 3.55. The van der Waals surface area contributed by atoms with Gasteiger partial charge < -0.3 is 4.74 Å². The molecule has 3 rings (SSSR count). The molecule has 0 aliphatic heterocycles. The Morgan fingerprint density at radius 1 is 1.25 bits per heavy atom. The lowest BCUT2D eigenvalue weighted by atomic mass is 10.2. The second-order valence-corrected chi connectivity index (χ2v) is 5.14. The second kappa shape index (κ2) is 5.35. The first-order valence-electron chi connectivity index (χ1n) is 6.15. The Morgan fingerprint density at radius 3 is 2.85 bits per heavy atom. The Hall–Kier alpha value is -1.71. The fourth-order valence-corrected chi connectivity index (χ4v) is 2.53. The van der Waals surface area contributed by atoms with Crippen LogP contribution in [-0.4, -0.2) is 9.38 Å². The van der Waals surface area contributed by atoms with E-state index in [1.165, 1.54) is 0 Å². The standard InChI is InChI=1S/C15H12Cl2N2O/c1-10-8-11(17)5-6-13(10)20-15-12(9-16)19-7-3-2-4-14(19)18-15/h2-8H,9H2,1H3. The van der Waals surface area contributed by atoms with Crippen LogP contribution in [0, 0.1) is 6.92 Å².